The number of rotatable bonds is 5. The third kappa shape index (κ3) is 3.55. The summed E-state index contributed by atoms with van der Waals surface area (Å²) in [6.07, 6.45) is 4.42. The molecule has 1 aliphatic rings. The molecule has 1 fully saturated rings. The first-order chi connectivity index (χ1) is 6.54. The summed E-state index contributed by atoms with van der Waals surface area (Å²) >= 11 is 0. The molecule has 0 radical (unpaired) electrons. The van der Waals surface area contributed by atoms with E-state index < -0.39 is 10.0 Å². The first kappa shape index (κ1) is 11.9. The average molecular weight is 220 g/mol. The van der Waals surface area contributed by atoms with Crippen molar-refractivity contribution in [2.24, 2.45) is 0 Å². The fourth-order valence-corrected chi connectivity index (χ4v) is 2.77. The molecule has 0 saturated carbocycles. The van der Waals surface area contributed by atoms with Crippen molar-refractivity contribution in [3.8, 4) is 0 Å². The molecule has 1 N–H and O–H groups in total. The van der Waals surface area contributed by atoms with E-state index in [1.54, 1.807) is 4.31 Å². The van der Waals surface area contributed by atoms with Crippen molar-refractivity contribution < 1.29 is 8.42 Å². The van der Waals surface area contributed by atoms with Crippen molar-refractivity contribution in [2.45, 2.75) is 32.2 Å². The van der Waals surface area contributed by atoms with Crippen molar-refractivity contribution in [1.82, 2.24) is 9.62 Å². The van der Waals surface area contributed by atoms with Crippen molar-refractivity contribution in [3.05, 3.63) is 0 Å². The Morgan fingerprint density at radius 2 is 2.21 bits per heavy atom. The topological polar surface area (TPSA) is 49.4 Å². The fourth-order valence-electron chi connectivity index (χ4n) is 1.80. The highest BCUT2D eigenvalue weighted by molar-refractivity contribution is 7.88. The maximum absolute atomic E-state index is 11.4. The molecule has 1 rings (SSSR count). The molecule has 1 atom stereocenters. The quantitative estimate of drug-likeness (QED) is 0.730. The van der Waals surface area contributed by atoms with E-state index in [1.165, 1.54) is 6.26 Å². The molecule has 1 saturated heterocycles. The van der Waals surface area contributed by atoms with Gasteiger partial charge in [0.05, 0.1) is 6.26 Å². The smallest absolute Gasteiger partial charge is 0.211 e. The number of hydrogen-bond donors (Lipinski definition) is 1. The van der Waals surface area contributed by atoms with Crippen LogP contribution in [0.25, 0.3) is 0 Å². The Balaban J connectivity index is 2.50. The molecule has 5 heteroatoms. The van der Waals surface area contributed by atoms with Crippen LogP contribution in [0.15, 0.2) is 0 Å². The van der Waals surface area contributed by atoms with Crippen LogP contribution in [-0.2, 0) is 10.0 Å². The van der Waals surface area contributed by atoms with E-state index in [9.17, 15) is 8.42 Å². The second-order valence-corrected chi connectivity index (χ2v) is 5.90. The number of sulfonamides is 1. The zero-order valence-electron chi connectivity index (χ0n) is 8.99. The van der Waals surface area contributed by atoms with Gasteiger partial charge in [0, 0.05) is 19.1 Å². The highest BCUT2D eigenvalue weighted by Crippen LogP contribution is 2.09. The van der Waals surface area contributed by atoms with Gasteiger partial charge in [-0.15, -0.1) is 0 Å². The summed E-state index contributed by atoms with van der Waals surface area (Å²) in [5.74, 6) is 0. The van der Waals surface area contributed by atoms with Crippen LogP contribution in [0.2, 0.25) is 0 Å². The number of nitrogens with zero attached hydrogens (tertiary/aromatic N) is 1. The lowest BCUT2D eigenvalue weighted by molar-refractivity contribution is 0.372. The van der Waals surface area contributed by atoms with Crippen LogP contribution >= 0.6 is 0 Å². The number of hydrogen-bond acceptors (Lipinski definition) is 3. The van der Waals surface area contributed by atoms with Crippen molar-refractivity contribution >= 4 is 10.0 Å². The van der Waals surface area contributed by atoms with Crippen LogP contribution in [-0.4, -0.2) is 44.7 Å². The Bertz CT molecular complexity index is 258. The summed E-state index contributed by atoms with van der Waals surface area (Å²) in [4.78, 5) is 0. The minimum Gasteiger partial charge on any atom is -0.313 e. The molecule has 0 aromatic heterocycles. The normalized spacial score (nSPS) is 23.2. The van der Waals surface area contributed by atoms with Gasteiger partial charge < -0.3 is 5.32 Å². The second kappa shape index (κ2) is 5.09. The molecular formula is C9H20N2O2S. The van der Waals surface area contributed by atoms with Gasteiger partial charge in [-0.1, -0.05) is 6.92 Å². The lowest BCUT2D eigenvalue weighted by Crippen LogP contribution is -2.40. The Morgan fingerprint density at radius 1 is 1.50 bits per heavy atom. The summed E-state index contributed by atoms with van der Waals surface area (Å²) < 4.78 is 24.4. The fraction of sp³-hybridized carbons (Fsp3) is 1.00. The molecule has 0 bridgehead atoms. The molecule has 0 spiro atoms. The largest absolute Gasteiger partial charge is 0.313 e. The first-order valence-corrected chi connectivity index (χ1v) is 7.07. The Kier molecular flexibility index (Phi) is 4.34. The first-order valence-electron chi connectivity index (χ1n) is 5.22. The molecule has 0 aliphatic carbocycles. The van der Waals surface area contributed by atoms with Crippen LogP contribution in [0.3, 0.4) is 0 Å². The Labute approximate surface area is 86.7 Å². The standard InChI is InChI=1S/C9H20N2O2S/c1-3-7-11(14(2,12)13)8-9-5-4-6-10-9/h9-10H,3-8H2,1-2H3. The lowest BCUT2D eigenvalue weighted by atomic mass is 10.2. The van der Waals surface area contributed by atoms with E-state index >= 15 is 0 Å². The van der Waals surface area contributed by atoms with Crippen LogP contribution in [0.5, 0.6) is 0 Å². The molecule has 0 aromatic rings. The van der Waals surface area contributed by atoms with E-state index in [2.05, 4.69) is 5.32 Å². The molecule has 4 nitrogen and oxygen atoms in total. The predicted molar refractivity (Wildman–Crippen MR) is 57.7 cm³/mol. The monoisotopic (exact) mass is 220 g/mol. The van der Waals surface area contributed by atoms with Gasteiger partial charge in [0.1, 0.15) is 0 Å². The zero-order valence-corrected chi connectivity index (χ0v) is 9.81. The molecule has 1 heterocycles. The SMILES string of the molecule is CCCN(CC1CCCN1)S(C)(=O)=O. The Morgan fingerprint density at radius 3 is 2.64 bits per heavy atom. The molecule has 14 heavy (non-hydrogen) atoms. The maximum atomic E-state index is 11.4. The average Bonchev–Trinajstić information content (AvgIpc) is 2.54. The van der Waals surface area contributed by atoms with Gasteiger partial charge in [-0.25, -0.2) is 12.7 Å². The van der Waals surface area contributed by atoms with Crippen molar-refractivity contribution in [3.63, 3.8) is 0 Å². The summed E-state index contributed by atoms with van der Waals surface area (Å²) in [6.45, 7) is 4.29. The van der Waals surface area contributed by atoms with Gasteiger partial charge >= 0.3 is 0 Å². The minimum absolute atomic E-state index is 0.358. The Hall–Kier alpha value is -0.130. The molecule has 1 unspecified atom stereocenters. The minimum atomic E-state index is -3.02. The van der Waals surface area contributed by atoms with Crippen LogP contribution in [0, 0.1) is 0 Å². The van der Waals surface area contributed by atoms with E-state index in [1.807, 2.05) is 6.92 Å². The summed E-state index contributed by atoms with van der Waals surface area (Å²) in [5, 5.41) is 3.31. The van der Waals surface area contributed by atoms with E-state index in [0.29, 0.717) is 19.1 Å². The zero-order chi connectivity index (χ0) is 10.6. The third-order valence-electron chi connectivity index (χ3n) is 2.53. The third-order valence-corrected chi connectivity index (χ3v) is 3.80. The lowest BCUT2D eigenvalue weighted by Gasteiger charge is -2.22. The van der Waals surface area contributed by atoms with E-state index in [4.69, 9.17) is 0 Å². The van der Waals surface area contributed by atoms with E-state index in [-0.39, 0.29) is 0 Å². The van der Waals surface area contributed by atoms with Crippen LogP contribution in [0.4, 0.5) is 0 Å². The highest BCUT2D eigenvalue weighted by Gasteiger charge is 2.22. The van der Waals surface area contributed by atoms with Crippen LogP contribution in [0.1, 0.15) is 26.2 Å². The summed E-state index contributed by atoms with van der Waals surface area (Å²) in [6, 6.07) is 0.358. The second-order valence-electron chi connectivity index (χ2n) is 3.91. The van der Waals surface area contributed by atoms with Gasteiger partial charge in [-0.2, -0.15) is 0 Å². The highest BCUT2D eigenvalue weighted by atomic mass is 32.2. The van der Waals surface area contributed by atoms with Gasteiger partial charge in [-0.05, 0) is 25.8 Å². The molecule has 1 aliphatic heterocycles. The van der Waals surface area contributed by atoms with Gasteiger partial charge in [0.2, 0.25) is 10.0 Å². The van der Waals surface area contributed by atoms with Gasteiger partial charge in [0.15, 0.2) is 0 Å². The predicted octanol–water partition coefficient (Wildman–Crippen LogP) is 0.410. The van der Waals surface area contributed by atoms with E-state index in [0.717, 1.165) is 25.8 Å². The van der Waals surface area contributed by atoms with Crippen molar-refractivity contribution in [1.29, 1.82) is 0 Å². The van der Waals surface area contributed by atoms with Crippen molar-refractivity contribution in [2.75, 3.05) is 25.9 Å². The van der Waals surface area contributed by atoms with Gasteiger partial charge in [0.25, 0.3) is 0 Å². The summed E-state index contributed by atoms with van der Waals surface area (Å²) in [7, 11) is -3.02. The maximum Gasteiger partial charge on any atom is 0.211 e. The van der Waals surface area contributed by atoms with Gasteiger partial charge in [-0.3, -0.25) is 0 Å². The van der Waals surface area contributed by atoms with Crippen LogP contribution < -0.4 is 5.32 Å². The molecular weight excluding hydrogens is 200 g/mol. The number of nitrogens with one attached hydrogen (secondary N) is 1. The molecule has 84 valence electrons. The summed E-state index contributed by atoms with van der Waals surface area (Å²) in [5.41, 5.74) is 0. The molecule has 0 aromatic carbocycles. The molecule has 0 amide bonds.